The molecule has 0 bridgehead atoms. The molecule has 9 heteroatoms. The van der Waals surface area contributed by atoms with Gasteiger partial charge in [0, 0.05) is 24.0 Å². The summed E-state index contributed by atoms with van der Waals surface area (Å²) in [4.78, 5) is 35.4. The van der Waals surface area contributed by atoms with Crippen molar-refractivity contribution in [1.29, 1.82) is 5.26 Å². The zero-order valence-corrected chi connectivity index (χ0v) is 19.1. The number of aryl methyl sites for hydroxylation is 1. The van der Waals surface area contributed by atoms with Crippen LogP contribution in [0.2, 0.25) is 0 Å². The normalized spacial score (nSPS) is 18.4. The van der Waals surface area contributed by atoms with Crippen molar-refractivity contribution in [3.63, 3.8) is 0 Å². The molecule has 0 amide bonds. The number of allylic oxidation sites excluding steroid dienone is 1. The highest BCUT2D eigenvalue weighted by Gasteiger charge is 2.24. The third-order valence-electron chi connectivity index (χ3n) is 6.49. The molecule has 5 rings (SSSR count). The lowest BCUT2D eigenvalue weighted by Gasteiger charge is -2.17. The molecule has 1 N–H and O–H groups in total. The molecule has 0 saturated carbocycles. The van der Waals surface area contributed by atoms with Crippen molar-refractivity contribution < 1.29 is 4.92 Å². The van der Waals surface area contributed by atoms with Crippen LogP contribution in [-0.4, -0.2) is 28.0 Å². The number of hydrogen-bond acceptors (Lipinski definition) is 7. The Morgan fingerprint density at radius 2 is 2.18 bits per heavy atom. The van der Waals surface area contributed by atoms with Crippen LogP contribution in [-0.2, 0) is 12.8 Å². The maximum atomic E-state index is 12.9. The molecule has 1 fully saturated rings. The Labute approximate surface area is 194 Å². The van der Waals surface area contributed by atoms with Crippen LogP contribution in [0.25, 0.3) is 21.9 Å². The number of thiophene rings is 1. The van der Waals surface area contributed by atoms with Crippen molar-refractivity contribution in [2.75, 3.05) is 18.0 Å². The fraction of sp³-hybridized carbons (Fsp3) is 0.375. The number of H-pyrrole nitrogens is 1. The smallest absolute Gasteiger partial charge is 0.293 e. The lowest BCUT2D eigenvalue weighted by Crippen LogP contribution is -2.18. The Kier molecular flexibility index (Phi) is 5.46. The van der Waals surface area contributed by atoms with Crippen molar-refractivity contribution in [1.82, 2.24) is 9.97 Å². The first-order chi connectivity index (χ1) is 15.9. The average Bonchev–Trinajstić information content (AvgIpc) is 3.44. The van der Waals surface area contributed by atoms with E-state index in [1.807, 2.05) is 4.90 Å². The van der Waals surface area contributed by atoms with Gasteiger partial charge in [0.25, 0.3) is 11.2 Å². The van der Waals surface area contributed by atoms with E-state index in [9.17, 15) is 20.2 Å². The van der Waals surface area contributed by atoms with E-state index >= 15 is 0 Å². The van der Waals surface area contributed by atoms with Crippen molar-refractivity contribution in [3.05, 3.63) is 60.5 Å². The molecule has 3 heterocycles. The molecule has 1 saturated heterocycles. The highest BCUT2D eigenvalue weighted by molar-refractivity contribution is 7.18. The maximum Gasteiger partial charge on any atom is 0.293 e. The summed E-state index contributed by atoms with van der Waals surface area (Å²) in [5.74, 6) is 0.769. The highest BCUT2D eigenvalue weighted by Crippen LogP contribution is 2.36. The summed E-state index contributed by atoms with van der Waals surface area (Å²) >= 11 is 1.53. The van der Waals surface area contributed by atoms with Crippen molar-refractivity contribution in [2.24, 2.45) is 5.92 Å². The third kappa shape index (κ3) is 3.91. The van der Waals surface area contributed by atoms with E-state index in [1.165, 1.54) is 22.3 Å². The number of nitro benzene ring substituents is 1. The van der Waals surface area contributed by atoms with Crippen LogP contribution in [0, 0.1) is 27.4 Å². The van der Waals surface area contributed by atoms with E-state index < -0.39 is 0 Å². The van der Waals surface area contributed by atoms with Gasteiger partial charge in [0.05, 0.1) is 15.9 Å². The standard InChI is InChI=1S/C24H23N5O3S/c1-14-4-6-17-20(10-14)33-24-21(17)23(30)26-22(27-24)16(13-25)11-15-5-7-18(19(12-15)29(31)32)28-8-2-3-9-28/h5,7,11-12,14H,2-4,6,8-10H2,1H3,(H,26,27,30)/b16-11-. The minimum absolute atomic E-state index is 0.0138. The summed E-state index contributed by atoms with van der Waals surface area (Å²) in [5, 5.41) is 22.1. The maximum absolute atomic E-state index is 12.9. The summed E-state index contributed by atoms with van der Waals surface area (Å²) in [6.07, 6.45) is 6.44. The molecule has 2 aromatic heterocycles. The molecular formula is C24H23N5O3S. The summed E-state index contributed by atoms with van der Waals surface area (Å²) in [7, 11) is 0. The fourth-order valence-corrected chi connectivity index (χ4v) is 6.18. The minimum atomic E-state index is -0.389. The van der Waals surface area contributed by atoms with Gasteiger partial charge < -0.3 is 9.88 Å². The quantitative estimate of drug-likeness (QED) is 0.342. The molecule has 1 aliphatic carbocycles. The summed E-state index contributed by atoms with van der Waals surface area (Å²) in [6, 6.07) is 7.08. The largest absolute Gasteiger partial charge is 0.366 e. The molecule has 8 nitrogen and oxygen atoms in total. The fourth-order valence-electron chi connectivity index (χ4n) is 4.80. The predicted octanol–water partition coefficient (Wildman–Crippen LogP) is 4.68. The van der Waals surface area contributed by atoms with Crippen LogP contribution < -0.4 is 10.5 Å². The number of benzene rings is 1. The van der Waals surface area contributed by atoms with E-state index in [2.05, 4.69) is 23.0 Å². The molecule has 1 aromatic carbocycles. The Hall–Kier alpha value is -3.51. The number of anilines is 1. The Morgan fingerprint density at radius 3 is 2.91 bits per heavy atom. The SMILES string of the molecule is CC1CCc2c(sc3nc(/C(C#N)=C\c4ccc(N5CCCC5)c([N+](=O)[O-])c4)[nH]c(=O)c23)C1. The molecule has 0 spiro atoms. The van der Waals surface area contributed by atoms with E-state index in [0.717, 1.165) is 50.8 Å². The Bertz CT molecular complexity index is 1390. The molecule has 1 unspecified atom stereocenters. The second-order valence-electron chi connectivity index (χ2n) is 8.82. The predicted molar refractivity (Wildman–Crippen MR) is 129 cm³/mol. The van der Waals surface area contributed by atoms with E-state index in [0.29, 0.717) is 27.4 Å². The van der Waals surface area contributed by atoms with Gasteiger partial charge in [-0.1, -0.05) is 13.0 Å². The van der Waals surface area contributed by atoms with Gasteiger partial charge in [-0.3, -0.25) is 14.9 Å². The first kappa shape index (κ1) is 21.3. The monoisotopic (exact) mass is 461 g/mol. The molecule has 3 aromatic rings. The Morgan fingerprint density at radius 1 is 1.39 bits per heavy atom. The van der Waals surface area contributed by atoms with E-state index in [-0.39, 0.29) is 27.6 Å². The molecule has 0 radical (unpaired) electrons. The topological polar surface area (TPSA) is 116 Å². The van der Waals surface area contributed by atoms with Gasteiger partial charge in [-0.2, -0.15) is 5.26 Å². The minimum Gasteiger partial charge on any atom is -0.366 e. The zero-order chi connectivity index (χ0) is 23.1. The number of nitrogens with zero attached hydrogens (tertiary/aromatic N) is 4. The van der Waals surface area contributed by atoms with Gasteiger partial charge in [0.15, 0.2) is 5.82 Å². The Balaban J connectivity index is 1.55. The van der Waals surface area contributed by atoms with Crippen LogP contribution >= 0.6 is 11.3 Å². The second-order valence-corrected chi connectivity index (χ2v) is 9.90. The first-order valence-corrected chi connectivity index (χ1v) is 12.0. The van der Waals surface area contributed by atoms with Crippen molar-refractivity contribution in [3.8, 4) is 6.07 Å². The van der Waals surface area contributed by atoms with E-state index in [1.54, 1.807) is 18.2 Å². The third-order valence-corrected chi connectivity index (χ3v) is 7.64. The average molecular weight is 462 g/mol. The van der Waals surface area contributed by atoms with Crippen LogP contribution in [0.4, 0.5) is 11.4 Å². The van der Waals surface area contributed by atoms with Gasteiger partial charge in [0.1, 0.15) is 16.6 Å². The molecule has 2 aliphatic rings. The number of nitrogens with one attached hydrogen (secondary N) is 1. The lowest BCUT2D eigenvalue weighted by molar-refractivity contribution is -0.384. The summed E-state index contributed by atoms with van der Waals surface area (Å²) in [6.45, 7) is 3.81. The lowest BCUT2D eigenvalue weighted by atomic mass is 9.89. The number of nitro groups is 1. The zero-order valence-electron chi connectivity index (χ0n) is 18.3. The number of rotatable bonds is 4. The van der Waals surface area contributed by atoms with Crippen molar-refractivity contribution in [2.45, 2.75) is 39.0 Å². The molecular weight excluding hydrogens is 438 g/mol. The van der Waals surface area contributed by atoms with Gasteiger partial charge in [-0.05, 0) is 61.3 Å². The van der Waals surface area contributed by atoms with Gasteiger partial charge in [0.2, 0.25) is 0 Å². The number of hydrogen-bond donors (Lipinski definition) is 1. The van der Waals surface area contributed by atoms with Crippen LogP contribution in [0.3, 0.4) is 0 Å². The summed E-state index contributed by atoms with van der Waals surface area (Å²) in [5.41, 5.74) is 2.14. The van der Waals surface area contributed by atoms with Crippen LogP contribution in [0.5, 0.6) is 0 Å². The van der Waals surface area contributed by atoms with Crippen LogP contribution in [0.15, 0.2) is 23.0 Å². The number of aromatic nitrogens is 2. The van der Waals surface area contributed by atoms with Gasteiger partial charge >= 0.3 is 0 Å². The first-order valence-electron chi connectivity index (χ1n) is 11.1. The molecule has 33 heavy (non-hydrogen) atoms. The second kappa shape index (κ2) is 8.45. The molecule has 1 atom stereocenters. The van der Waals surface area contributed by atoms with Gasteiger partial charge in [-0.15, -0.1) is 11.3 Å². The molecule has 168 valence electrons. The van der Waals surface area contributed by atoms with Crippen molar-refractivity contribution >= 4 is 44.6 Å². The van der Waals surface area contributed by atoms with E-state index in [4.69, 9.17) is 0 Å². The number of nitriles is 1. The number of fused-ring (bicyclic) bond motifs is 3. The van der Waals surface area contributed by atoms with Crippen LogP contribution in [0.1, 0.15) is 48.0 Å². The van der Waals surface area contributed by atoms with Gasteiger partial charge in [-0.25, -0.2) is 4.98 Å². The summed E-state index contributed by atoms with van der Waals surface area (Å²) < 4.78 is 0. The number of aromatic amines is 1. The highest BCUT2D eigenvalue weighted by atomic mass is 32.1. The molecule has 1 aliphatic heterocycles.